The summed E-state index contributed by atoms with van der Waals surface area (Å²) in [6.07, 6.45) is 4.62. The zero-order valence-corrected chi connectivity index (χ0v) is 17.0. The first-order chi connectivity index (χ1) is 13.8. The topological polar surface area (TPSA) is 64.4 Å². The molecule has 2 aliphatic rings. The number of nitrogens with zero attached hydrogens (tertiary/aromatic N) is 4. The van der Waals surface area contributed by atoms with Crippen LogP contribution in [0.4, 0.5) is 0 Å². The quantitative estimate of drug-likeness (QED) is 0.823. The van der Waals surface area contributed by atoms with E-state index in [2.05, 4.69) is 37.1 Å². The number of fused-ring (bicyclic) bond motifs is 1. The zero-order chi connectivity index (χ0) is 19.3. The van der Waals surface area contributed by atoms with Gasteiger partial charge in [0.05, 0.1) is 19.8 Å². The molecule has 28 heavy (non-hydrogen) atoms. The molecule has 7 nitrogen and oxygen atoms in total. The van der Waals surface area contributed by atoms with Crippen molar-refractivity contribution < 1.29 is 9.47 Å². The van der Waals surface area contributed by atoms with Crippen molar-refractivity contribution in [1.82, 2.24) is 25.0 Å². The van der Waals surface area contributed by atoms with Gasteiger partial charge in [0.1, 0.15) is 17.4 Å². The van der Waals surface area contributed by atoms with Gasteiger partial charge in [0.25, 0.3) is 0 Å². The van der Waals surface area contributed by atoms with E-state index >= 15 is 0 Å². The molecule has 1 saturated heterocycles. The van der Waals surface area contributed by atoms with E-state index in [1.807, 2.05) is 6.07 Å². The number of methoxy groups -OCH3 is 2. The van der Waals surface area contributed by atoms with E-state index in [1.54, 1.807) is 14.2 Å². The average Bonchev–Trinajstić information content (AvgIpc) is 3.04. The summed E-state index contributed by atoms with van der Waals surface area (Å²) in [5.74, 6) is 3.18. The second kappa shape index (κ2) is 9.03. The van der Waals surface area contributed by atoms with Crippen molar-refractivity contribution in [2.75, 3.05) is 33.9 Å². The summed E-state index contributed by atoms with van der Waals surface area (Å²) in [5, 5.41) is 12.7. The fourth-order valence-corrected chi connectivity index (χ4v) is 4.33. The third-order valence-electron chi connectivity index (χ3n) is 5.82. The van der Waals surface area contributed by atoms with Gasteiger partial charge in [0.2, 0.25) is 0 Å². The number of nitrogens with one attached hydrogen (secondary N) is 1. The normalized spacial score (nSPS) is 20.6. The molecule has 0 radical (unpaired) electrons. The highest BCUT2D eigenvalue weighted by atomic mass is 16.5. The maximum absolute atomic E-state index is 5.59. The molecule has 2 aliphatic heterocycles. The average molecular weight is 386 g/mol. The molecule has 0 spiro atoms. The number of aromatic nitrogens is 3. The molecule has 4 rings (SSSR count). The summed E-state index contributed by atoms with van der Waals surface area (Å²) in [7, 11) is 3.47. The first kappa shape index (κ1) is 19.4. The Kier molecular flexibility index (Phi) is 6.24. The predicted molar refractivity (Wildman–Crippen MR) is 107 cm³/mol. The maximum Gasteiger partial charge on any atom is 0.150 e. The lowest BCUT2D eigenvalue weighted by atomic mass is 10.0. The Bertz CT molecular complexity index is 785. The maximum atomic E-state index is 5.59. The van der Waals surface area contributed by atoms with Crippen LogP contribution in [-0.4, -0.2) is 53.5 Å². The van der Waals surface area contributed by atoms with Crippen molar-refractivity contribution in [3.05, 3.63) is 41.0 Å². The second-order valence-corrected chi connectivity index (χ2v) is 7.73. The van der Waals surface area contributed by atoms with Gasteiger partial charge in [0, 0.05) is 45.3 Å². The van der Waals surface area contributed by atoms with Crippen LogP contribution in [0.5, 0.6) is 5.75 Å². The van der Waals surface area contributed by atoms with Crippen molar-refractivity contribution in [2.24, 2.45) is 0 Å². The lowest BCUT2D eigenvalue weighted by Crippen LogP contribution is -2.30. The molecule has 0 saturated carbocycles. The van der Waals surface area contributed by atoms with E-state index in [-0.39, 0.29) is 0 Å². The SMILES string of the molecule is COCc1ccc(OC)c(CN2CCc3nnc([C@H]4CCCCN4)n3CC2)c1. The molecule has 0 aliphatic carbocycles. The summed E-state index contributed by atoms with van der Waals surface area (Å²) >= 11 is 0. The summed E-state index contributed by atoms with van der Waals surface area (Å²) < 4.78 is 13.2. The van der Waals surface area contributed by atoms with E-state index in [1.165, 1.54) is 24.0 Å². The lowest BCUT2D eigenvalue weighted by molar-refractivity contribution is 0.184. The Balaban J connectivity index is 1.46. The molecular weight excluding hydrogens is 354 g/mol. The smallest absolute Gasteiger partial charge is 0.150 e. The summed E-state index contributed by atoms with van der Waals surface area (Å²) in [5.41, 5.74) is 2.39. The largest absolute Gasteiger partial charge is 0.496 e. The van der Waals surface area contributed by atoms with Crippen molar-refractivity contribution in [1.29, 1.82) is 0 Å². The molecular formula is C21H31N5O2. The van der Waals surface area contributed by atoms with Crippen molar-refractivity contribution in [3.8, 4) is 5.75 Å². The standard InChI is InChI=1S/C21H31N5O2/c1-27-15-16-6-7-19(28-2)17(13-16)14-25-10-8-20-23-24-21(26(20)12-11-25)18-5-3-4-9-22-18/h6-7,13,18,22H,3-5,8-12,14-15H2,1-2H3/t18-/m1/s1. The monoisotopic (exact) mass is 385 g/mol. The number of hydrogen-bond acceptors (Lipinski definition) is 6. The minimum absolute atomic E-state index is 0.354. The Morgan fingerprint density at radius 1 is 1.14 bits per heavy atom. The van der Waals surface area contributed by atoms with Crippen LogP contribution >= 0.6 is 0 Å². The molecule has 1 fully saturated rings. The Labute approximate surface area is 167 Å². The van der Waals surface area contributed by atoms with Crippen molar-refractivity contribution in [3.63, 3.8) is 0 Å². The number of hydrogen-bond donors (Lipinski definition) is 1. The Morgan fingerprint density at radius 3 is 2.86 bits per heavy atom. The summed E-state index contributed by atoms with van der Waals surface area (Å²) in [6, 6.07) is 6.67. The zero-order valence-electron chi connectivity index (χ0n) is 17.0. The molecule has 0 unspecified atom stereocenters. The highest BCUT2D eigenvalue weighted by molar-refractivity contribution is 5.37. The van der Waals surface area contributed by atoms with Gasteiger partial charge in [-0.3, -0.25) is 4.90 Å². The van der Waals surface area contributed by atoms with Gasteiger partial charge in [0.15, 0.2) is 0 Å². The highest BCUT2D eigenvalue weighted by Crippen LogP contribution is 2.25. The van der Waals surface area contributed by atoms with E-state index in [4.69, 9.17) is 9.47 Å². The van der Waals surface area contributed by atoms with Crippen LogP contribution in [0.1, 0.15) is 48.1 Å². The number of benzene rings is 1. The second-order valence-electron chi connectivity index (χ2n) is 7.73. The van der Waals surface area contributed by atoms with Crippen LogP contribution in [0.2, 0.25) is 0 Å². The van der Waals surface area contributed by atoms with Crippen molar-refractivity contribution >= 4 is 0 Å². The lowest BCUT2D eigenvalue weighted by Gasteiger charge is -2.24. The predicted octanol–water partition coefficient (Wildman–Crippen LogP) is 2.31. The van der Waals surface area contributed by atoms with Crippen LogP contribution in [0.25, 0.3) is 0 Å². The van der Waals surface area contributed by atoms with Crippen LogP contribution < -0.4 is 10.1 Å². The number of ether oxygens (including phenoxy) is 2. The number of rotatable bonds is 6. The molecule has 2 aromatic rings. The molecule has 1 N–H and O–H groups in total. The van der Waals surface area contributed by atoms with Gasteiger partial charge in [-0.25, -0.2) is 0 Å². The summed E-state index contributed by atoms with van der Waals surface area (Å²) in [4.78, 5) is 2.49. The van der Waals surface area contributed by atoms with Gasteiger partial charge in [-0.1, -0.05) is 12.5 Å². The molecule has 3 heterocycles. The molecule has 1 atom stereocenters. The Morgan fingerprint density at radius 2 is 2.07 bits per heavy atom. The molecule has 152 valence electrons. The first-order valence-corrected chi connectivity index (χ1v) is 10.3. The van der Waals surface area contributed by atoms with E-state index in [0.29, 0.717) is 12.6 Å². The fourth-order valence-electron chi connectivity index (χ4n) is 4.33. The van der Waals surface area contributed by atoms with Gasteiger partial charge in [-0.05, 0) is 37.1 Å². The minimum Gasteiger partial charge on any atom is -0.496 e. The first-order valence-electron chi connectivity index (χ1n) is 10.3. The van der Waals surface area contributed by atoms with Gasteiger partial charge < -0.3 is 19.4 Å². The molecule has 0 bridgehead atoms. The van der Waals surface area contributed by atoms with Gasteiger partial charge in [-0.15, -0.1) is 10.2 Å². The fraction of sp³-hybridized carbons (Fsp3) is 0.619. The molecule has 1 aromatic carbocycles. The van der Waals surface area contributed by atoms with E-state index in [0.717, 1.165) is 63.0 Å². The minimum atomic E-state index is 0.354. The Hall–Kier alpha value is -1.96. The van der Waals surface area contributed by atoms with E-state index < -0.39 is 0 Å². The van der Waals surface area contributed by atoms with Crippen LogP contribution in [-0.2, 0) is 30.9 Å². The summed E-state index contributed by atoms with van der Waals surface area (Å²) in [6.45, 7) is 5.48. The van der Waals surface area contributed by atoms with Crippen LogP contribution in [0, 0.1) is 0 Å². The van der Waals surface area contributed by atoms with Crippen LogP contribution in [0.15, 0.2) is 18.2 Å². The van der Waals surface area contributed by atoms with Crippen molar-refractivity contribution in [2.45, 2.75) is 51.4 Å². The van der Waals surface area contributed by atoms with E-state index in [9.17, 15) is 0 Å². The van der Waals surface area contributed by atoms with Gasteiger partial charge >= 0.3 is 0 Å². The molecule has 0 amide bonds. The molecule has 1 aromatic heterocycles. The number of piperidine rings is 1. The third-order valence-corrected chi connectivity index (χ3v) is 5.82. The van der Waals surface area contributed by atoms with Crippen LogP contribution in [0.3, 0.4) is 0 Å². The molecule has 7 heteroatoms. The third kappa shape index (κ3) is 4.21. The highest BCUT2D eigenvalue weighted by Gasteiger charge is 2.25. The van der Waals surface area contributed by atoms with Gasteiger partial charge in [-0.2, -0.15) is 0 Å².